The topological polar surface area (TPSA) is 37.3 Å². The molecule has 0 spiro atoms. The van der Waals surface area contributed by atoms with E-state index < -0.39 is 0 Å². The van der Waals surface area contributed by atoms with Gasteiger partial charge in [-0.2, -0.15) is 0 Å². The van der Waals surface area contributed by atoms with Crippen LogP contribution in [0.2, 0.25) is 5.02 Å². The molecule has 0 saturated carbocycles. The van der Waals surface area contributed by atoms with Crippen molar-refractivity contribution in [3.63, 3.8) is 0 Å². The van der Waals surface area contributed by atoms with Crippen LogP contribution in [0.5, 0.6) is 0 Å². The number of benzene rings is 3. The molecular formula is C30H32ClN3O. The van der Waals surface area contributed by atoms with Gasteiger partial charge >= 0.3 is 0 Å². The first-order valence-corrected chi connectivity index (χ1v) is 12.8. The third kappa shape index (κ3) is 5.61. The molecule has 1 saturated heterocycles. The molecule has 5 heteroatoms. The highest BCUT2D eigenvalue weighted by Gasteiger charge is 2.26. The first-order valence-electron chi connectivity index (χ1n) is 12.5. The van der Waals surface area contributed by atoms with Gasteiger partial charge in [-0.25, -0.2) is 0 Å². The monoisotopic (exact) mass is 485 g/mol. The van der Waals surface area contributed by atoms with Crippen LogP contribution in [0, 0.1) is 5.92 Å². The Balaban J connectivity index is 1.24. The average molecular weight is 486 g/mol. The zero-order valence-electron chi connectivity index (χ0n) is 20.2. The van der Waals surface area contributed by atoms with Gasteiger partial charge in [0.2, 0.25) is 5.91 Å². The highest BCUT2D eigenvalue weighted by atomic mass is 35.5. The van der Waals surface area contributed by atoms with Gasteiger partial charge in [-0.3, -0.25) is 9.69 Å². The van der Waals surface area contributed by atoms with Gasteiger partial charge in [0.15, 0.2) is 0 Å². The van der Waals surface area contributed by atoms with Crippen LogP contribution in [0.25, 0.3) is 10.9 Å². The van der Waals surface area contributed by atoms with Crippen molar-refractivity contribution in [1.29, 1.82) is 0 Å². The van der Waals surface area contributed by atoms with Crippen LogP contribution in [-0.4, -0.2) is 28.5 Å². The second-order valence-corrected chi connectivity index (χ2v) is 10.0. The number of nitrogens with zero attached hydrogens (tertiary/aromatic N) is 2. The molecule has 5 rings (SSSR count). The Morgan fingerprint density at radius 2 is 1.69 bits per heavy atom. The van der Waals surface area contributed by atoms with Crippen LogP contribution in [0.15, 0.2) is 84.9 Å². The summed E-state index contributed by atoms with van der Waals surface area (Å²) in [5, 5.41) is 5.24. The molecule has 2 heterocycles. The molecule has 1 fully saturated rings. The number of aromatic nitrogens is 1. The number of rotatable bonds is 7. The largest absolute Gasteiger partial charge is 0.349 e. The van der Waals surface area contributed by atoms with Gasteiger partial charge in [0.1, 0.15) is 0 Å². The zero-order chi connectivity index (χ0) is 24.2. The first-order chi connectivity index (χ1) is 17.1. The normalized spacial score (nSPS) is 15.8. The number of para-hydroxylation sites is 1. The van der Waals surface area contributed by atoms with E-state index in [0.717, 1.165) is 49.6 Å². The van der Waals surface area contributed by atoms with Crippen LogP contribution in [0.4, 0.5) is 0 Å². The lowest BCUT2D eigenvalue weighted by Gasteiger charge is -2.32. The molecule has 180 valence electrons. The van der Waals surface area contributed by atoms with Crippen molar-refractivity contribution in [1.82, 2.24) is 14.8 Å². The van der Waals surface area contributed by atoms with E-state index in [1.165, 1.54) is 22.2 Å². The maximum atomic E-state index is 12.9. The van der Waals surface area contributed by atoms with Crippen LogP contribution in [0.1, 0.15) is 42.6 Å². The fourth-order valence-corrected chi connectivity index (χ4v) is 5.35. The summed E-state index contributed by atoms with van der Waals surface area (Å²) in [6, 6.07) is 29.2. The van der Waals surface area contributed by atoms with E-state index >= 15 is 0 Å². The molecule has 1 aliphatic heterocycles. The average Bonchev–Trinajstić information content (AvgIpc) is 3.21. The number of halogens is 1. The summed E-state index contributed by atoms with van der Waals surface area (Å²) in [6.45, 7) is 5.58. The molecule has 1 aromatic heterocycles. The molecule has 4 nitrogen and oxygen atoms in total. The van der Waals surface area contributed by atoms with Crippen LogP contribution < -0.4 is 5.32 Å². The predicted molar refractivity (Wildman–Crippen MR) is 143 cm³/mol. The molecule has 0 aliphatic carbocycles. The molecule has 0 unspecified atom stereocenters. The smallest absolute Gasteiger partial charge is 0.223 e. The van der Waals surface area contributed by atoms with Crippen molar-refractivity contribution in [3.8, 4) is 0 Å². The number of hydrogen-bond donors (Lipinski definition) is 1. The standard InChI is InChI=1S/C30H32ClN3O/c1-22(24-9-3-2-4-10-24)32-30(35)25-14-16-33(17-15-25)21-28-19-26-11-5-6-13-29(26)34(28)20-23-8-7-12-27(31)18-23/h2-13,18-19,22,25H,14-17,20-21H2,1H3,(H,32,35)/t22-/m1/s1. The van der Waals surface area contributed by atoms with Crippen molar-refractivity contribution in [2.24, 2.45) is 5.92 Å². The Hall–Kier alpha value is -3.08. The summed E-state index contributed by atoms with van der Waals surface area (Å²) < 4.78 is 2.40. The molecule has 35 heavy (non-hydrogen) atoms. The quantitative estimate of drug-likeness (QED) is 0.327. The molecule has 4 aromatic rings. The Labute approximate surface area is 212 Å². The number of carbonyl (C=O) groups excluding carboxylic acids is 1. The maximum Gasteiger partial charge on any atom is 0.223 e. The number of amides is 1. The minimum Gasteiger partial charge on any atom is -0.349 e. The summed E-state index contributed by atoms with van der Waals surface area (Å²) in [4.78, 5) is 15.4. The van der Waals surface area contributed by atoms with Crippen LogP contribution in [-0.2, 0) is 17.9 Å². The molecule has 3 aromatic carbocycles. The van der Waals surface area contributed by atoms with Crippen LogP contribution in [0.3, 0.4) is 0 Å². The fraction of sp³-hybridized carbons (Fsp3) is 0.300. The van der Waals surface area contributed by atoms with E-state index in [1.54, 1.807) is 0 Å². The van der Waals surface area contributed by atoms with E-state index in [9.17, 15) is 4.79 Å². The lowest BCUT2D eigenvalue weighted by molar-refractivity contribution is -0.127. The summed E-state index contributed by atoms with van der Waals surface area (Å²) >= 11 is 6.25. The SMILES string of the molecule is C[C@@H](NC(=O)C1CCN(Cc2cc3ccccc3n2Cc2cccc(Cl)c2)CC1)c1ccccc1. The van der Waals surface area contributed by atoms with Crippen molar-refractivity contribution in [2.75, 3.05) is 13.1 Å². The number of fused-ring (bicyclic) bond motifs is 1. The summed E-state index contributed by atoms with van der Waals surface area (Å²) in [6.07, 6.45) is 1.78. The Bertz CT molecular complexity index is 1290. The number of hydrogen-bond acceptors (Lipinski definition) is 2. The number of piperidine rings is 1. The summed E-state index contributed by atoms with van der Waals surface area (Å²) in [5.41, 5.74) is 4.88. The summed E-state index contributed by atoms with van der Waals surface area (Å²) in [5.74, 6) is 0.255. The van der Waals surface area contributed by atoms with Gasteiger partial charge in [0, 0.05) is 35.2 Å². The van der Waals surface area contributed by atoms with Crippen molar-refractivity contribution >= 4 is 28.4 Å². The zero-order valence-corrected chi connectivity index (χ0v) is 20.9. The van der Waals surface area contributed by atoms with Crippen molar-refractivity contribution in [3.05, 3.63) is 107 Å². The van der Waals surface area contributed by atoms with Gasteiger partial charge in [0.05, 0.1) is 6.04 Å². The van der Waals surface area contributed by atoms with Gasteiger partial charge in [0.25, 0.3) is 0 Å². The third-order valence-electron chi connectivity index (χ3n) is 7.13. The Morgan fingerprint density at radius 3 is 2.46 bits per heavy atom. The molecule has 1 atom stereocenters. The maximum absolute atomic E-state index is 12.9. The lowest BCUT2D eigenvalue weighted by Crippen LogP contribution is -2.41. The van der Waals surface area contributed by atoms with Gasteiger partial charge in [-0.15, -0.1) is 0 Å². The molecular weight excluding hydrogens is 454 g/mol. The van der Waals surface area contributed by atoms with E-state index in [-0.39, 0.29) is 17.9 Å². The second kappa shape index (κ2) is 10.7. The summed E-state index contributed by atoms with van der Waals surface area (Å²) in [7, 11) is 0. The highest BCUT2D eigenvalue weighted by molar-refractivity contribution is 6.30. The minimum absolute atomic E-state index is 0.0314. The third-order valence-corrected chi connectivity index (χ3v) is 7.36. The molecule has 1 aliphatic rings. The lowest BCUT2D eigenvalue weighted by atomic mass is 9.95. The second-order valence-electron chi connectivity index (χ2n) is 9.60. The van der Waals surface area contributed by atoms with Crippen LogP contribution >= 0.6 is 11.6 Å². The molecule has 1 amide bonds. The van der Waals surface area contributed by atoms with Gasteiger partial charge in [-0.1, -0.05) is 72.3 Å². The molecule has 0 radical (unpaired) electrons. The fourth-order valence-electron chi connectivity index (χ4n) is 5.14. The number of likely N-dealkylation sites (tertiary alicyclic amines) is 1. The van der Waals surface area contributed by atoms with Gasteiger partial charge < -0.3 is 9.88 Å². The Kier molecular flexibility index (Phi) is 7.21. The van der Waals surface area contributed by atoms with E-state index in [1.807, 2.05) is 36.4 Å². The van der Waals surface area contributed by atoms with E-state index in [2.05, 4.69) is 70.2 Å². The Morgan fingerprint density at radius 1 is 0.943 bits per heavy atom. The predicted octanol–water partition coefficient (Wildman–Crippen LogP) is 6.43. The van der Waals surface area contributed by atoms with Gasteiger partial charge in [-0.05, 0) is 73.6 Å². The highest BCUT2D eigenvalue weighted by Crippen LogP contribution is 2.26. The minimum atomic E-state index is 0.0314. The van der Waals surface area contributed by atoms with Crippen molar-refractivity contribution < 1.29 is 4.79 Å². The van der Waals surface area contributed by atoms with Crippen molar-refractivity contribution in [2.45, 2.75) is 38.9 Å². The number of nitrogens with one attached hydrogen (secondary N) is 1. The molecule has 1 N–H and O–H groups in total. The first kappa shape index (κ1) is 23.7. The number of carbonyl (C=O) groups is 1. The van der Waals surface area contributed by atoms with E-state index in [4.69, 9.17) is 11.6 Å². The van der Waals surface area contributed by atoms with E-state index in [0.29, 0.717) is 0 Å². The molecule has 0 bridgehead atoms.